The fourth-order valence-electron chi connectivity index (χ4n) is 2.54. The molecule has 0 fully saturated rings. The number of aromatic nitrogens is 2. The number of rotatable bonds is 5. The van der Waals surface area contributed by atoms with Gasteiger partial charge in [0.15, 0.2) is 0 Å². The maximum Gasteiger partial charge on any atom is 0.317 e. The molecule has 0 aliphatic rings. The van der Waals surface area contributed by atoms with Crippen molar-refractivity contribution < 1.29 is 4.79 Å². The first-order valence-electron chi connectivity index (χ1n) is 7.66. The number of urea groups is 1. The molecule has 0 aliphatic heterocycles. The predicted molar refractivity (Wildman–Crippen MR) is 92.8 cm³/mol. The largest absolute Gasteiger partial charge is 0.335 e. The second-order valence-electron chi connectivity index (χ2n) is 5.68. The summed E-state index contributed by atoms with van der Waals surface area (Å²) in [5.74, 6) is 0. The molecule has 23 heavy (non-hydrogen) atoms. The van der Waals surface area contributed by atoms with Gasteiger partial charge in [0.1, 0.15) is 0 Å². The number of amides is 2. The topological polar surface area (TPSA) is 50.2 Å². The molecule has 2 aromatic rings. The molecular weight excluding hydrogens is 288 g/mol. The standard InChI is InChI=1S/C18H24N4O/c1-6-11-19-18(23)21(5)12-16-14(3)20-22(15(16)4)17-10-8-7-9-13(17)2/h6-10H,1,11-12H2,2-5H3,(H,19,23). The smallest absolute Gasteiger partial charge is 0.317 e. The molecule has 0 radical (unpaired) electrons. The quantitative estimate of drug-likeness (QED) is 0.862. The highest BCUT2D eigenvalue weighted by molar-refractivity contribution is 5.74. The molecule has 122 valence electrons. The minimum atomic E-state index is -0.118. The highest BCUT2D eigenvalue weighted by Crippen LogP contribution is 2.21. The predicted octanol–water partition coefficient (Wildman–Crippen LogP) is 3.12. The number of carbonyl (C=O) groups is 1. The zero-order chi connectivity index (χ0) is 17.0. The summed E-state index contributed by atoms with van der Waals surface area (Å²) in [6, 6.07) is 8.03. The van der Waals surface area contributed by atoms with Crippen molar-refractivity contribution in [2.75, 3.05) is 13.6 Å². The fraction of sp³-hybridized carbons (Fsp3) is 0.333. The number of hydrogen-bond donors (Lipinski definition) is 1. The van der Waals surface area contributed by atoms with E-state index in [1.54, 1.807) is 18.0 Å². The van der Waals surface area contributed by atoms with E-state index in [9.17, 15) is 4.79 Å². The molecule has 0 bridgehead atoms. The third kappa shape index (κ3) is 3.62. The monoisotopic (exact) mass is 312 g/mol. The number of nitrogens with zero attached hydrogens (tertiary/aromatic N) is 3. The van der Waals surface area contributed by atoms with Gasteiger partial charge in [-0.3, -0.25) is 0 Å². The van der Waals surface area contributed by atoms with E-state index < -0.39 is 0 Å². The second-order valence-corrected chi connectivity index (χ2v) is 5.68. The molecule has 0 spiro atoms. The fourth-order valence-corrected chi connectivity index (χ4v) is 2.54. The molecule has 1 aromatic carbocycles. The first kappa shape index (κ1) is 16.8. The first-order chi connectivity index (χ1) is 11.0. The van der Waals surface area contributed by atoms with Crippen LogP contribution in [-0.2, 0) is 6.54 Å². The molecule has 5 heteroatoms. The van der Waals surface area contributed by atoms with Crippen LogP contribution in [0.1, 0.15) is 22.5 Å². The Bertz CT molecular complexity index is 718. The van der Waals surface area contributed by atoms with Crippen LogP contribution in [0.15, 0.2) is 36.9 Å². The van der Waals surface area contributed by atoms with Crippen molar-refractivity contribution in [2.45, 2.75) is 27.3 Å². The van der Waals surface area contributed by atoms with E-state index in [1.165, 1.54) is 5.56 Å². The van der Waals surface area contributed by atoms with E-state index in [-0.39, 0.29) is 6.03 Å². The molecule has 2 rings (SSSR count). The van der Waals surface area contributed by atoms with Crippen molar-refractivity contribution >= 4 is 6.03 Å². The van der Waals surface area contributed by atoms with Gasteiger partial charge in [0, 0.05) is 24.8 Å². The maximum absolute atomic E-state index is 12.0. The van der Waals surface area contributed by atoms with Crippen LogP contribution >= 0.6 is 0 Å². The van der Waals surface area contributed by atoms with E-state index in [0.29, 0.717) is 13.1 Å². The van der Waals surface area contributed by atoms with Crippen LogP contribution in [0.4, 0.5) is 4.79 Å². The van der Waals surface area contributed by atoms with Crippen molar-refractivity contribution in [3.63, 3.8) is 0 Å². The first-order valence-corrected chi connectivity index (χ1v) is 7.66. The van der Waals surface area contributed by atoms with Gasteiger partial charge in [0.25, 0.3) is 0 Å². The van der Waals surface area contributed by atoms with Crippen LogP contribution in [0.2, 0.25) is 0 Å². The summed E-state index contributed by atoms with van der Waals surface area (Å²) in [6.45, 7) is 10.7. The number of benzene rings is 1. The lowest BCUT2D eigenvalue weighted by molar-refractivity contribution is 0.208. The Kier molecular flexibility index (Phi) is 5.21. The van der Waals surface area contributed by atoms with Gasteiger partial charge in [-0.15, -0.1) is 6.58 Å². The molecule has 2 amide bonds. The molecule has 1 aromatic heterocycles. The Morgan fingerprint density at radius 2 is 2.04 bits per heavy atom. The van der Waals surface area contributed by atoms with Gasteiger partial charge in [-0.1, -0.05) is 24.3 Å². The Morgan fingerprint density at radius 3 is 2.70 bits per heavy atom. The molecule has 1 heterocycles. The van der Waals surface area contributed by atoms with E-state index in [0.717, 1.165) is 22.6 Å². The van der Waals surface area contributed by atoms with E-state index in [4.69, 9.17) is 0 Å². The van der Waals surface area contributed by atoms with Gasteiger partial charge >= 0.3 is 6.03 Å². The number of para-hydroxylation sites is 1. The zero-order valence-corrected chi connectivity index (χ0v) is 14.3. The van der Waals surface area contributed by atoms with Crippen molar-refractivity contribution in [1.29, 1.82) is 0 Å². The Balaban J connectivity index is 2.26. The Labute approximate surface area is 137 Å². The highest BCUT2D eigenvalue weighted by Gasteiger charge is 2.17. The summed E-state index contributed by atoms with van der Waals surface area (Å²) in [4.78, 5) is 13.7. The lowest BCUT2D eigenvalue weighted by Gasteiger charge is -2.18. The van der Waals surface area contributed by atoms with E-state index >= 15 is 0 Å². The van der Waals surface area contributed by atoms with Crippen LogP contribution in [-0.4, -0.2) is 34.3 Å². The van der Waals surface area contributed by atoms with Gasteiger partial charge < -0.3 is 10.2 Å². The summed E-state index contributed by atoms with van der Waals surface area (Å²) in [7, 11) is 1.78. The van der Waals surface area contributed by atoms with Crippen LogP contribution < -0.4 is 5.32 Å². The lowest BCUT2D eigenvalue weighted by atomic mass is 10.1. The average molecular weight is 312 g/mol. The van der Waals surface area contributed by atoms with E-state index in [2.05, 4.69) is 36.1 Å². The number of carbonyl (C=O) groups excluding carboxylic acids is 1. The number of aryl methyl sites for hydroxylation is 2. The minimum absolute atomic E-state index is 0.118. The molecule has 0 atom stereocenters. The molecule has 5 nitrogen and oxygen atoms in total. The van der Waals surface area contributed by atoms with Crippen LogP contribution in [0, 0.1) is 20.8 Å². The normalized spacial score (nSPS) is 10.4. The SMILES string of the molecule is C=CCNC(=O)N(C)Cc1c(C)nn(-c2ccccc2C)c1C. The molecule has 0 unspecified atom stereocenters. The number of nitrogens with one attached hydrogen (secondary N) is 1. The molecule has 0 saturated heterocycles. The van der Waals surface area contributed by atoms with E-state index in [1.807, 2.05) is 30.7 Å². The summed E-state index contributed by atoms with van der Waals surface area (Å²) in [6.07, 6.45) is 1.67. The summed E-state index contributed by atoms with van der Waals surface area (Å²) < 4.78 is 1.95. The van der Waals surface area contributed by atoms with Gasteiger partial charge in [-0.05, 0) is 32.4 Å². The van der Waals surface area contributed by atoms with Crippen LogP contribution in [0.25, 0.3) is 5.69 Å². The summed E-state index contributed by atoms with van der Waals surface area (Å²) in [5.41, 5.74) is 5.30. The molecule has 0 saturated carbocycles. The van der Waals surface area contributed by atoms with Gasteiger partial charge in [0.2, 0.25) is 0 Å². The van der Waals surface area contributed by atoms with Crippen molar-refractivity contribution in [3.05, 3.63) is 59.4 Å². The van der Waals surface area contributed by atoms with Gasteiger partial charge in [0.05, 0.1) is 17.9 Å². The Morgan fingerprint density at radius 1 is 1.35 bits per heavy atom. The van der Waals surface area contributed by atoms with Crippen molar-refractivity contribution in [2.24, 2.45) is 0 Å². The van der Waals surface area contributed by atoms with Crippen LogP contribution in [0.5, 0.6) is 0 Å². The third-order valence-corrected chi connectivity index (χ3v) is 3.92. The maximum atomic E-state index is 12.0. The minimum Gasteiger partial charge on any atom is -0.335 e. The highest BCUT2D eigenvalue weighted by atomic mass is 16.2. The Hall–Kier alpha value is -2.56. The molecule has 1 N–H and O–H groups in total. The second kappa shape index (κ2) is 7.13. The number of hydrogen-bond acceptors (Lipinski definition) is 2. The molecule has 0 aliphatic carbocycles. The van der Waals surface area contributed by atoms with Crippen LogP contribution in [0.3, 0.4) is 0 Å². The van der Waals surface area contributed by atoms with Gasteiger partial charge in [-0.25, -0.2) is 9.48 Å². The summed E-state index contributed by atoms with van der Waals surface area (Å²) >= 11 is 0. The third-order valence-electron chi connectivity index (χ3n) is 3.92. The van der Waals surface area contributed by atoms with Gasteiger partial charge in [-0.2, -0.15) is 5.10 Å². The zero-order valence-electron chi connectivity index (χ0n) is 14.3. The summed E-state index contributed by atoms with van der Waals surface area (Å²) in [5, 5.41) is 7.44. The average Bonchev–Trinajstić information content (AvgIpc) is 2.81. The molecular formula is C18H24N4O. The van der Waals surface area contributed by atoms with Crippen molar-refractivity contribution in [3.8, 4) is 5.69 Å². The van der Waals surface area contributed by atoms with Crippen molar-refractivity contribution in [1.82, 2.24) is 20.0 Å². The lowest BCUT2D eigenvalue weighted by Crippen LogP contribution is -2.37.